The molecule has 0 aliphatic heterocycles. The van der Waals surface area contributed by atoms with Crippen LogP contribution in [0.5, 0.6) is 0 Å². The Morgan fingerprint density at radius 3 is 2.17 bits per heavy atom. The van der Waals surface area contributed by atoms with Gasteiger partial charge in [0.05, 0.1) is 0 Å². The lowest BCUT2D eigenvalue weighted by Crippen LogP contribution is -1.97. The van der Waals surface area contributed by atoms with Gasteiger partial charge in [0.15, 0.2) is 0 Å². The summed E-state index contributed by atoms with van der Waals surface area (Å²) in [7, 11) is 0. The average molecular weight is 168 g/mol. The van der Waals surface area contributed by atoms with Gasteiger partial charge in [0.2, 0.25) is 0 Å². The van der Waals surface area contributed by atoms with Crippen molar-refractivity contribution in [1.82, 2.24) is 0 Å². The van der Waals surface area contributed by atoms with E-state index in [-0.39, 0.29) is 0 Å². The highest BCUT2D eigenvalue weighted by atomic mass is 14.5. The van der Waals surface area contributed by atoms with Gasteiger partial charge in [-0.2, -0.15) is 0 Å². The third-order valence-corrected chi connectivity index (χ3v) is 3.76. The van der Waals surface area contributed by atoms with E-state index in [0.29, 0.717) is 0 Å². The Morgan fingerprint density at radius 1 is 1.17 bits per heavy atom. The first-order chi connectivity index (χ1) is 5.66. The summed E-state index contributed by atoms with van der Waals surface area (Å²) in [6, 6.07) is 0. The van der Waals surface area contributed by atoms with Gasteiger partial charge in [-0.15, -0.1) is 0 Å². The topological polar surface area (TPSA) is 0 Å². The lowest BCUT2D eigenvalue weighted by atomic mass is 9.97. The molecule has 1 aliphatic carbocycles. The lowest BCUT2D eigenvalue weighted by molar-refractivity contribution is 0.429. The average Bonchev–Trinajstić information content (AvgIpc) is 2.59. The first kappa shape index (κ1) is 10.1. The molecule has 0 saturated heterocycles. The fourth-order valence-electron chi connectivity index (χ4n) is 2.33. The molecule has 0 aromatic rings. The Labute approximate surface area is 77.7 Å². The second kappa shape index (κ2) is 4.30. The van der Waals surface area contributed by atoms with E-state index in [1.807, 2.05) is 0 Å². The van der Waals surface area contributed by atoms with E-state index in [1.165, 1.54) is 25.7 Å². The predicted molar refractivity (Wildman–Crippen MR) is 55.1 cm³/mol. The Kier molecular flexibility index (Phi) is 3.61. The minimum atomic E-state index is 0.974. The van der Waals surface area contributed by atoms with Crippen LogP contribution in [0, 0.1) is 23.7 Å². The molecule has 0 aromatic heterocycles. The number of hydrogen-bond donors (Lipinski definition) is 0. The number of hydrogen-bond acceptors (Lipinski definition) is 0. The lowest BCUT2D eigenvalue weighted by Gasteiger charge is -2.09. The smallest absolute Gasteiger partial charge is 0.0355 e. The van der Waals surface area contributed by atoms with Gasteiger partial charge in [0.25, 0.3) is 0 Å². The minimum Gasteiger partial charge on any atom is -0.0654 e. The summed E-state index contributed by atoms with van der Waals surface area (Å²) in [6.07, 6.45) is 5.73. The van der Waals surface area contributed by atoms with Crippen molar-refractivity contribution in [2.45, 2.75) is 53.4 Å². The second-order valence-electron chi connectivity index (χ2n) is 4.87. The molecule has 0 heterocycles. The van der Waals surface area contributed by atoms with E-state index in [4.69, 9.17) is 0 Å². The zero-order valence-electron chi connectivity index (χ0n) is 9.14. The van der Waals surface area contributed by atoms with Crippen LogP contribution in [0.1, 0.15) is 53.4 Å². The summed E-state index contributed by atoms with van der Waals surface area (Å²) in [5.74, 6) is 4.09. The van der Waals surface area contributed by atoms with E-state index in [2.05, 4.69) is 27.7 Å². The summed E-state index contributed by atoms with van der Waals surface area (Å²) in [4.78, 5) is 0. The first-order valence-electron chi connectivity index (χ1n) is 5.66. The van der Waals surface area contributed by atoms with Crippen LogP contribution in [0.2, 0.25) is 0 Å². The van der Waals surface area contributed by atoms with Gasteiger partial charge in [-0.3, -0.25) is 0 Å². The summed E-state index contributed by atoms with van der Waals surface area (Å²) < 4.78 is 0. The molecule has 1 saturated carbocycles. The van der Waals surface area contributed by atoms with Gasteiger partial charge in [0, 0.05) is 0 Å². The van der Waals surface area contributed by atoms with Crippen LogP contribution >= 0.6 is 0 Å². The van der Waals surface area contributed by atoms with E-state index >= 15 is 0 Å². The molecule has 0 aromatic carbocycles. The third kappa shape index (κ3) is 2.50. The van der Waals surface area contributed by atoms with Crippen molar-refractivity contribution < 1.29 is 0 Å². The summed E-state index contributed by atoms with van der Waals surface area (Å²) in [5, 5.41) is 0. The summed E-state index contributed by atoms with van der Waals surface area (Å²) in [6.45, 7) is 9.52. The molecular formula is C12H24. The van der Waals surface area contributed by atoms with Crippen molar-refractivity contribution in [3.05, 3.63) is 0 Å². The normalized spacial score (nSPS) is 36.5. The maximum absolute atomic E-state index is 2.42. The van der Waals surface area contributed by atoms with Crippen molar-refractivity contribution >= 4 is 0 Å². The van der Waals surface area contributed by atoms with Crippen molar-refractivity contribution in [3.8, 4) is 0 Å². The van der Waals surface area contributed by atoms with Crippen molar-refractivity contribution in [3.63, 3.8) is 0 Å². The van der Waals surface area contributed by atoms with Crippen LogP contribution in [0.25, 0.3) is 0 Å². The van der Waals surface area contributed by atoms with E-state index in [9.17, 15) is 0 Å². The van der Waals surface area contributed by atoms with Crippen molar-refractivity contribution in [1.29, 1.82) is 0 Å². The molecule has 72 valence electrons. The van der Waals surface area contributed by atoms with Gasteiger partial charge < -0.3 is 0 Å². The SMILES string of the molecule is CCCCC(C)CC1C(C)C1C. The molecule has 0 spiro atoms. The molecular weight excluding hydrogens is 144 g/mol. The highest BCUT2D eigenvalue weighted by Crippen LogP contribution is 2.49. The number of rotatable bonds is 5. The standard InChI is InChI=1S/C12H24/c1-5-6-7-9(2)8-12-10(3)11(12)4/h9-12H,5-8H2,1-4H3. The molecule has 0 nitrogen and oxygen atoms in total. The molecule has 12 heavy (non-hydrogen) atoms. The van der Waals surface area contributed by atoms with E-state index in [0.717, 1.165) is 23.7 Å². The van der Waals surface area contributed by atoms with Gasteiger partial charge in [0.1, 0.15) is 0 Å². The molecule has 0 bridgehead atoms. The fraction of sp³-hybridized carbons (Fsp3) is 1.00. The van der Waals surface area contributed by atoms with Gasteiger partial charge in [-0.1, -0.05) is 47.0 Å². The fourth-order valence-corrected chi connectivity index (χ4v) is 2.33. The second-order valence-corrected chi connectivity index (χ2v) is 4.87. The predicted octanol–water partition coefficient (Wildman–Crippen LogP) is 4.10. The quantitative estimate of drug-likeness (QED) is 0.579. The van der Waals surface area contributed by atoms with Crippen LogP contribution in [-0.2, 0) is 0 Å². The van der Waals surface area contributed by atoms with E-state index < -0.39 is 0 Å². The van der Waals surface area contributed by atoms with Gasteiger partial charge in [-0.25, -0.2) is 0 Å². The maximum Gasteiger partial charge on any atom is -0.0355 e. The van der Waals surface area contributed by atoms with Crippen LogP contribution < -0.4 is 0 Å². The van der Waals surface area contributed by atoms with Gasteiger partial charge in [-0.05, 0) is 30.1 Å². The molecule has 0 N–H and O–H groups in total. The zero-order valence-corrected chi connectivity index (χ0v) is 9.14. The maximum atomic E-state index is 2.42. The Bertz CT molecular complexity index is 120. The largest absolute Gasteiger partial charge is 0.0654 e. The molecule has 1 rings (SSSR count). The molecule has 1 fully saturated rings. The van der Waals surface area contributed by atoms with E-state index in [1.54, 1.807) is 0 Å². The molecule has 0 heteroatoms. The summed E-state index contributed by atoms with van der Waals surface area (Å²) >= 11 is 0. The Balaban J connectivity index is 2.07. The first-order valence-corrected chi connectivity index (χ1v) is 5.66. The molecule has 3 atom stereocenters. The van der Waals surface area contributed by atoms with Crippen LogP contribution in [0.3, 0.4) is 0 Å². The molecule has 0 amide bonds. The van der Waals surface area contributed by atoms with Crippen LogP contribution in [0.4, 0.5) is 0 Å². The molecule has 0 radical (unpaired) electrons. The molecule has 1 aliphatic rings. The highest BCUT2D eigenvalue weighted by molar-refractivity contribution is 4.91. The Hall–Kier alpha value is 0. The third-order valence-electron chi connectivity index (χ3n) is 3.76. The monoisotopic (exact) mass is 168 g/mol. The zero-order chi connectivity index (χ0) is 9.14. The Morgan fingerprint density at radius 2 is 1.75 bits per heavy atom. The highest BCUT2D eigenvalue weighted by Gasteiger charge is 2.42. The number of unbranched alkanes of at least 4 members (excludes halogenated alkanes) is 1. The van der Waals surface area contributed by atoms with Crippen molar-refractivity contribution in [2.24, 2.45) is 23.7 Å². The van der Waals surface area contributed by atoms with Gasteiger partial charge >= 0.3 is 0 Å². The summed E-state index contributed by atoms with van der Waals surface area (Å²) in [5.41, 5.74) is 0. The van der Waals surface area contributed by atoms with Crippen LogP contribution in [-0.4, -0.2) is 0 Å². The van der Waals surface area contributed by atoms with Crippen LogP contribution in [0.15, 0.2) is 0 Å². The molecule has 3 unspecified atom stereocenters. The minimum absolute atomic E-state index is 0.974. The van der Waals surface area contributed by atoms with Crippen molar-refractivity contribution in [2.75, 3.05) is 0 Å².